The van der Waals surface area contributed by atoms with Gasteiger partial charge in [0.1, 0.15) is 6.04 Å². The van der Waals surface area contributed by atoms with Crippen molar-refractivity contribution in [3.8, 4) is 0 Å². The lowest BCUT2D eigenvalue weighted by Crippen LogP contribution is -2.53. The Kier molecular flexibility index (Phi) is 4.76. The minimum absolute atomic E-state index is 0.523. The van der Waals surface area contributed by atoms with Crippen LogP contribution in [0.1, 0.15) is 13.3 Å². The highest BCUT2D eigenvalue weighted by molar-refractivity contribution is 5.73. The molecule has 0 bridgehead atoms. The van der Waals surface area contributed by atoms with Crippen LogP contribution in [0.5, 0.6) is 0 Å². The molecule has 0 aliphatic heterocycles. The highest BCUT2D eigenvalue weighted by atomic mass is 16.4. The molecule has 1 atom stereocenters. The lowest BCUT2D eigenvalue weighted by atomic mass is 10.2. The van der Waals surface area contributed by atoms with Crippen LogP contribution in [0.25, 0.3) is 0 Å². The van der Waals surface area contributed by atoms with Crippen molar-refractivity contribution in [1.82, 2.24) is 16.0 Å². The first-order chi connectivity index (χ1) is 5.17. The fourth-order valence-corrected chi connectivity index (χ4v) is 0.891. The standard InChI is InChI=1S/C6H15N3O2/c1-4-5(6(10)11)9(7-2)8-3/h5,7-8H,4H2,1-3H3,(H,10,11). The molecule has 0 saturated carbocycles. The summed E-state index contributed by atoms with van der Waals surface area (Å²) in [7, 11) is 3.34. The molecule has 3 N–H and O–H groups in total. The maximum atomic E-state index is 10.6. The molecule has 66 valence electrons. The third kappa shape index (κ3) is 2.83. The van der Waals surface area contributed by atoms with Gasteiger partial charge in [-0.05, 0) is 6.42 Å². The van der Waals surface area contributed by atoms with E-state index in [-0.39, 0.29) is 0 Å². The second-order valence-electron chi connectivity index (χ2n) is 2.08. The van der Waals surface area contributed by atoms with E-state index in [9.17, 15) is 4.79 Å². The Morgan fingerprint density at radius 3 is 2.09 bits per heavy atom. The summed E-state index contributed by atoms with van der Waals surface area (Å²) in [6, 6.07) is -0.523. The summed E-state index contributed by atoms with van der Waals surface area (Å²) >= 11 is 0. The zero-order valence-electron chi connectivity index (χ0n) is 7.09. The van der Waals surface area contributed by atoms with E-state index < -0.39 is 12.0 Å². The number of carbonyl (C=O) groups is 1. The van der Waals surface area contributed by atoms with Gasteiger partial charge in [0.2, 0.25) is 0 Å². The number of nitrogens with zero attached hydrogens (tertiary/aromatic N) is 1. The first-order valence-corrected chi connectivity index (χ1v) is 3.54. The van der Waals surface area contributed by atoms with Crippen molar-refractivity contribution >= 4 is 5.97 Å². The molecule has 0 aliphatic carbocycles. The number of hydrazine groups is 2. The molecular formula is C6H15N3O2. The highest BCUT2D eigenvalue weighted by Crippen LogP contribution is 1.96. The molecule has 11 heavy (non-hydrogen) atoms. The number of aliphatic carboxylic acids is 1. The second kappa shape index (κ2) is 5.06. The Morgan fingerprint density at radius 1 is 1.55 bits per heavy atom. The van der Waals surface area contributed by atoms with Gasteiger partial charge in [-0.3, -0.25) is 4.79 Å². The highest BCUT2D eigenvalue weighted by Gasteiger charge is 2.21. The van der Waals surface area contributed by atoms with Gasteiger partial charge in [-0.15, -0.1) is 0 Å². The normalized spacial score (nSPS) is 13.5. The molecule has 5 heteroatoms. The maximum Gasteiger partial charge on any atom is 0.323 e. The molecule has 0 aliphatic rings. The van der Waals surface area contributed by atoms with Crippen molar-refractivity contribution in [2.75, 3.05) is 14.1 Å². The Hall–Kier alpha value is -0.650. The quantitative estimate of drug-likeness (QED) is 0.471. The summed E-state index contributed by atoms with van der Waals surface area (Å²) in [5.74, 6) is -0.837. The van der Waals surface area contributed by atoms with Crippen LogP contribution in [0.15, 0.2) is 0 Å². The molecule has 0 amide bonds. The van der Waals surface area contributed by atoms with Gasteiger partial charge in [-0.2, -0.15) is 5.12 Å². The Morgan fingerprint density at radius 2 is 2.00 bits per heavy atom. The van der Waals surface area contributed by atoms with E-state index in [1.54, 1.807) is 14.1 Å². The third-order valence-corrected chi connectivity index (χ3v) is 1.47. The minimum atomic E-state index is -0.837. The van der Waals surface area contributed by atoms with E-state index >= 15 is 0 Å². The van der Waals surface area contributed by atoms with E-state index in [4.69, 9.17) is 5.11 Å². The summed E-state index contributed by atoms with van der Waals surface area (Å²) in [5, 5.41) is 10.1. The van der Waals surface area contributed by atoms with Crippen molar-refractivity contribution in [1.29, 1.82) is 0 Å². The SMILES string of the molecule is CCC(C(=O)O)N(NC)NC. The molecule has 0 fully saturated rings. The summed E-state index contributed by atoms with van der Waals surface area (Å²) in [4.78, 5) is 10.6. The lowest BCUT2D eigenvalue weighted by Gasteiger charge is -2.25. The van der Waals surface area contributed by atoms with Crippen molar-refractivity contribution in [3.63, 3.8) is 0 Å². The van der Waals surface area contributed by atoms with Crippen molar-refractivity contribution in [3.05, 3.63) is 0 Å². The number of carboxylic acid groups (broad SMARTS) is 1. The largest absolute Gasteiger partial charge is 0.480 e. The average molecular weight is 161 g/mol. The van der Waals surface area contributed by atoms with E-state index in [2.05, 4.69) is 10.9 Å². The van der Waals surface area contributed by atoms with Crippen LogP contribution >= 0.6 is 0 Å². The zero-order chi connectivity index (χ0) is 8.85. The average Bonchev–Trinajstić information content (AvgIpc) is 1.99. The number of carboxylic acids is 1. The Balaban J connectivity index is 4.09. The van der Waals surface area contributed by atoms with E-state index in [0.717, 1.165) is 0 Å². The summed E-state index contributed by atoms with van der Waals surface area (Å²) < 4.78 is 0. The van der Waals surface area contributed by atoms with Crippen LogP contribution in [0.4, 0.5) is 0 Å². The van der Waals surface area contributed by atoms with E-state index in [0.29, 0.717) is 6.42 Å². The minimum Gasteiger partial charge on any atom is -0.480 e. The molecule has 5 nitrogen and oxygen atoms in total. The predicted molar refractivity (Wildman–Crippen MR) is 41.7 cm³/mol. The van der Waals surface area contributed by atoms with E-state index in [1.165, 1.54) is 5.12 Å². The molecule has 1 unspecified atom stereocenters. The molecule has 0 aromatic rings. The predicted octanol–water partition coefficient (Wildman–Crippen LogP) is -0.580. The summed E-state index contributed by atoms with van der Waals surface area (Å²) in [6.45, 7) is 1.82. The van der Waals surface area contributed by atoms with Gasteiger partial charge in [-0.1, -0.05) is 6.92 Å². The van der Waals surface area contributed by atoms with Crippen LogP contribution < -0.4 is 10.9 Å². The second-order valence-corrected chi connectivity index (χ2v) is 2.08. The summed E-state index contributed by atoms with van der Waals surface area (Å²) in [5.41, 5.74) is 5.45. The Bertz CT molecular complexity index is 125. The zero-order valence-corrected chi connectivity index (χ0v) is 7.09. The number of rotatable bonds is 5. The third-order valence-electron chi connectivity index (χ3n) is 1.47. The molecular weight excluding hydrogens is 146 g/mol. The van der Waals surface area contributed by atoms with Crippen LogP contribution in [0.3, 0.4) is 0 Å². The van der Waals surface area contributed by atoms with Crippen molar-refractivity contribution in [2.24, 2.45) is 0 Å². The van der Waals surface area contributed by atoms with Gasteiger partial charge < -0.3 is 5.11 Å². The van der Waals surface area contributed by atoms with Crippen LogP contribution in [-0.2, 0) is 4.79 Å². The lowest BCUT2D eigenvalue weighted by molar-refractivity contribution is -0.146. The van der Waals surface area contributed by atoms with Crippen molar-refractivity contribution < 1.29 is 9.90 Å². The van der Waals surface area contributed by atoms with Crippen LogP contribution in [0.2, 0.25) is 0 Å². The van der Waals surface area contributed by atoms with Gasteiger partial charge in [0.15, 0.2) is 0 Å². The monoisotopic (exact) mass is 161 g/mol. The fourth-order valence-electron chi connectivity index (χ4n) is 0.891. The smallest absolute Gasteiger partial charge is 0.323 e. The molecule has 0 heterocycles. The first-order valence-electron chi connectivity index (χ1n) is 3.54. The van der Waals surface area contributed by atoms with Crippen molar-refractivity contribution in [2.45, 2.75) is 19.4 Å². The molecule has 0 saturated heterocycles. The fraction of sp³-hybridized carbons (Fsp3) is 0.833. The Labute approximate surface area is 66.3 Å². The van der Waals surface area contributed by atoms with Crippen LogP contribution in [-0.4, -0.2) is 36.3 Å². The van der Waals surface area contributed by atoms with Gasteiger partial charge in [0, 0.05) is 14.1 Å². The molecule has 0 aromatic carbocycles. The number of hydrogen-bond acceptors (Lipinski definition) is 4. The number of hydrogen-bond donors (Lipinski definition) is 3. The van der Waals surface area contributed by atoms with Gasteiger partial charge >= 0.3 is 5.97 Å². The van der Waals surface area contributed by atoms with Gasteiger partial charge in [0.25, 0.3) is 0 Å². The summed E-state index contributed by atoms with van der Waals surface area (Å²) in [6.07, 6.45) is 0.553. The van der Waals surface area contributed by atoms with Crippen LogP contribution in [0, 0.1) is 0 Å². The van der Waals surface area contributed by atoms with Gasteiger partial charge in [-0.25, -0.2) is 10.9 Å². The van der Waals surface area contributed by atoms with E-state index in [1.807, 2.05) is 6.92 Å². The van der Waals surface area contributed by atoms with Gasteiger partial charge in [0.05, 0.1) is 0 Å². The molecule has 0 aromatic heterocycles. The topological polar surface area (TPSA) is 64.6 Å². The number of nitrogens with one attached hydrogen (secondary N) is 2. The molecule has 0 radical (unpaired) electrons. The first kappa shape index (κ1) is 10.3. The maximum absolute atomic E-state index is 10.6. The molecule has 0 rings (SSSR count). The molecule has 0 spiro atoms.